The fraction of sp³-hybridized carbons (Fsp3) is 0.400. The minimum Gasteiger partial charge on any atom is -0.507 e. The molecule has 3 heterocycles. The SMILES string of the molecule is CC(C)N1CCC(c2c[nH]c3nnc(-c4ccccc4O)cc23)CC1. The highest BCUT2D eigenvalue weighted by Gasteiger charge is 2.24. The van der Waals surface area contributed by atoms with E-state index in [9.17, 15) is 5.11 Å². The summed E-state index contributed by atoms with van der Waals surface area (Å²) in [6.45, 7) is 6.81. The fourth-order valence-corrected chi connectivity index (χ4v) is 3.83. The predicted molar refractivity (Wildman–Crippen MR) is 99.7 cm³/mol. The Morgan fingerprint density at radius 3 is 2.64 bits per heavy atom. The molecule has 0 unspecified atom stereocenters. The molecule has 5 nitrogen and oxygen atoms in total. The van der Waals surface area contributed by atoms with Crippen molar-refractivity contribution in [2.24, 2.45) is 0 Å². The first kappa shape index (κ1) is 16.1. The number of aromatic amines is 1. The summed E-state index contributed by atoms with van der Waals surface area (Å²) in [4.78, 5) is 5.80. The summed E-state index contributed by atoms with van der Waals surface area (Å²) in [6, 6.07) is 9.94. The van der Waals surface area contributed by atoms with Gasteiger partial charge in [-0.05, 0) is 69.5 Å². The molecular formula is C20H24N4O. The van der Waals surface area contributed by atoms with Crippen molar-refractivity contribution < 1.29 is 5.11 Å². The molecule has 3 aromatic rings. The van der Waals surface area contributed by atoms with Gasteiger partial charge in [0.15, 0.2) is 5.65 Å². The Hall–Kier alpha value is -2.40. The largest absolute Gasteiger partial charge is 0.507 e. The number of fused-ring (bicyclic) bond motifs is 1. The Morgan fingerprint density at radius 1 is 1.16 bits per heavy atom. The van der Waals surface area contributed by atoms with Crippen molar-refractivity contribution in [2.45, 2.75) is 38.6 Å². The number of piperidine rings is 1. The van der Waals surface area contributed by atoms with Crippen molar-refractivity contribution in [1.82, 2.24) is 20.1 Å². The quantitative estimate of drug-likeness (QED) is 0.761. The molecule has 1 fully saturated rings. The molecule has 25 heavy (non-hydrogen) atoms. The van der Waals surface area contributed by atoms with Crippen molar-refractivity contribution >= 4 is 11.0 Å². The number of hydrogen-bond acceptors (Lipinski definition) is 4. The number of phenolic OH excluding ortho intramolecular Hbond substituents is 1. The lowest BCUT2D eigenvalue weighted by Crippen LogP contribution is -2.37. The number of para-hydroxylation sites is 1. The zero-order valence-electron chi connectivity index (χ0n) is 14.7. The number of rotatable bonds is 3. The minimum absolute atomic E-state index is 0.235. The highest BCUT2D eigenvalue weighted by Crippen LogP contribution is 2.35. The molecule has 2 aromatic heterocycles. The molecule has 5 heteroatoms. The maximum Gasteiger partial charge on any atom is 0.160 e. The van der Waals surface area contributed by atoms with E-state index < -0.39 is 0 Å². The summed E-state index contributed by atoms with van der Waals surface area (Å²) in [7, 11) is 0. The van der Waals surface area contributed by atoms with Gasteiger partial charge in [0, 0.05) is 23.2 Å². The molecule has 0 aliphatic carbocycles. The van der Waals surface area contributed by atoms with Gasteiger partial charge < -0.3 is 15.0 Å². The van der Waals surface area contributed by atoms with Crippen molar-refractivity contribution in [3.63, 3.8) is 0 Å². The van der Waals surface area contributed by atoms with Crippen LogP contribution in [0.15, 0.2) is 36.5 Å². The Balaban J connectivity index is 1.67. The lowest BCUT2D eigenvalue weighted by atomic mass is 9.89. The monoisotopic (exact) mass is 336 g/mol. The van der Waals surface area contributed by atoms with Crippen LogP contribution in [-0.4, -0.2) is 44.3 Å². The number of nitrogens with one attached hydrogen (secondary N) is 1. The number of benzene rings is 1. The molecule has 0 saturated carbocycles. The van der Waals surface area contributed by atoms with Crippen LogP contribution < -0.4 is 0 Å². The first-order chi connectivity index (χ1) is 12.1. The molecule has 0 spiro atoms. The topological polar surface area (TPSA) is 65.0 Å². The van der Waals surface area contributed by atoms with E-state index in [4.69, 9.17) is 0 Å². The molecule has 0 atom stereocenters. The average Bonchev–Trinajstić information content (AvgIpc) is 3.05. The number of phenols is 1. The number of hydrogen-bond donors (Lipinski definition) is 2. The summed E-state index contributed by atoms with van der Waals surface area (Å²) >= 11 is 0. The van der Waals surface area contributed by atoms with Gasteiger partial charge in [0.1, 0.15) is 5.75 Å². The summed E-state index contributed by atoms with van der Waals surface area (Å²) in [5.41, 5.74) is 3.58. The Labute approximate surface area is 147 Å². The third kappa shape index (κ3) is 3.00. The van der Waals surface area contributed by atoms with Gasteiger partial charge in [-0.1, -0.05) is 12.1 Å². The van der Waals surface area contributed by atoms with Crippen LogP contribution in [0.2, 0.25) is 0 Å². The molecule has 130 valence electrons. The van der Waals surface area contributed by atoms with E-state index in [0.29, 0.717) is 17.7 Å². The van der Waals surface area contributed by atoms with E-state index in [1.165, 1.54) is 18.4 Å². The van der Waals surface area contributed by atoms with Crippen LogP contribution in [0, 0.1) is 0 Å². The maximum atomic E-state index is 10.1. The Bertz CT molecular complexity index is 878. The smallest absolute Gasteiger partial charge is 0.160 e. The molecule has 1 aliphatic rings. The second kappa shape index (κ2) is 6.48. The van der Waals surface area contributed by atoms with Gasteiger partial charge in [-0.15, -0.1) is 10.2 Å². The molecule has 0 amide bonds. The maximum absolute atomic E-state index is 10.1. The van der Waals surface area contributed by atoms with Crippen molar-refractivity contribution in [3.05, 3.63) is 42.1 Å². The highest BCUT2D eigenvalue weighted by atomic mass is 16.3. The normalized spacial score (nSPS) is 16.8. The van der Waals surface area contributed by atoms with Gasteiger partial charge in [-0.3, -0.25) is 0 Å². The van der Waals surface area contributed by atoms with Crippen molar-refractivity contribution in [2.75, 3.05) is 13.1 Å². The zero-order valence-corrected chi connectivity index (χ0v) is 14.7. The standard InChI is InChI=1S/C20H24N4O/c1-13(2)24-9-7-14(8-10-24)17-12-21-20-16(17)11-18(22-23-20)15-5-3-4-6-19(15)25/h3-6,11-14,25H,7-10H2,1-2H3,(H,21,23). The Morgan fingerprint density at radius 2 is 1.92 bits per heavy atom. The lowest BCUT2D eigenvalue weighted by molar-refractivity contribution is 0.172. The average molecular weight is 336 g/mol. The van der Waals surface area contributed by atoms with Gasteiger partial charge in [0.2, 0.25) is 0 Å². The minimum atomic E-state index is 0.235. The zero-order chi connectivity index (χ0) is 17.4. The number of H-pyrrole nitrogens is 1. The third-order valence-electron chi connectivity index (χ3n) is 5.35. The highest BCUT2D eigenvalue weighted by molar-refractivity contribution is 5.84. The first-order valence-corrected chi connectivity index (χ1v) is 9.00. The van der Waals surface area contributed by atoms with E-state index >= 15 is 0 Å². The lowest BCUT2D eigenvalue weighted by Gasteiger charge is -2.34. The van der Waals surface area contributed by atoms with Crippen LogP contribution in [0.4, 0.5) is 0 Å². The van der Waals surface area contributed by atoms with E-state index in [0.717, 1.165) is 29.7 Å². The second-order valence-corrected chi connectivity index (χ2v) is 7.16. The number of likely N-dealkylation sites (tertiary alicyclic amines) is 1. The summed E-state index contributed by atoms with van der Waals surface area (Å²) in [5, 5.41) is 19.8. The fourth-order valence-electron chi connectivity index (χ4n) is 3.83. The molecular weight excluding hydrogens is 312 g/mol. The van der Waals surface area contributed by atoms with Crippen LogP contribution in [-0.2, 0) is 0 Å². The van der Waals surface area contributed by atoms with Crippen LogP contribution in [0.3, 0.4) is 0 Å². The molecule has 0 bridgehead atoms. The molecule has 2 N–H and O–H groups in total. The summed E-state index contributed by atoms with van der Waals surface area (Å²) in [5.74, 6) is 0.781. The Kier molecular flexibility index (Phi) is 4.17. The van der Waals surface area contributed by atoms with E-state index in [2.05, 4.69) is 46.2 Å². The van der Waals surface area contributed by atoms with Crippen LogP contribution >= 0.6 is 0 Å². The van der Waals surface area contributed by atoms with Crippen LogP contribution in [0.25, 0.3) is 22.3 Å². The van der Waals surface area contributed by atoms with E-state index in [1.807, 2.05) is 18.2 Å². The van der Waals surface area contributed by atoms with Gasteiger partial charge >= 0.3 is 0 Å². The first-order valence-electron chi connectivity index (χ1n) is 9.00. The summed E-state index contributed by atoms with van der Waals surface area (Å²) < 4.78 is 0. The van der Waals surface area contributed by atoms with Crippen molar-refractivity contribution in [3.8, 4) is 17.0 Å². The molecule has 0 radical (unpaired) electrons. The second-order valence-electron chi connectivity index (χ2n) is 7.16. The molecule has 4 rings (SSSR count). The number of aromatic nitrogens is 3. The third-order valence-corrected chi connectivity index (χ3v) is 5.35. The van der Waals surface area contributed by atoms with Gasteiger partial charge in [0.25, 0.3) is 0 Å². The molecule has 1 saturated heterocycles. The van der Waals surface area contributed by atoms with Crippen LogP contribution in [0.1, 0.15) is 38.2 Å². The van der Waals surface area contributed by atoms with E-state index in [-0.39, 0.29) is 5.75 Å². The molecule has 1 aromatic carbocycles. The van der Waals surface area contributed by atoms with E-state index in [1.54, 1.807) is 6.07 Å². The summed E-state index contributed by atoms with van der Waals surface area (Å²) in [6.07, 6.45) is 4.42. The predicted octanol–water partition coefficient (Wildman–Crippen LogP) is 3.92. The van der Waals surface area contributed by atoms with Gasteiger partial charge in [-0.2, -0.15) is 0 Å². The number of nitrogens with zero attached hydrogens (tertiary/aromatic N) is 3. The van der Waals surface area contributed by atoms with Crippen molar-refractivity contribution in [1.29, 1.82) is 0 Å². The van der Waals surface area contributed by atoms with Gasteiger partial charge in [0.05, 0.1) is 5.69 Å². The number of aromatic hydroxyl groups is 1. The van der Waals surface area contributed by atoms with Gasteiger partial charge in [-0.25, -0.2) is 0 Å². The molecule has 1 aliphatic heterocycles. The van der Waals surface area contributed by atoms with Crippen LogP contribution in [0.5, 0.6) is 5.75 Å².